The molecule has 0 aliphatic carbocycles. The molecule has 7 nitrogen and oxygen atoms in total. The number of carbonyl (C=O) groups is 2. The normalized spacial score (nSPS) is 20.6. The Labute approximate surface area is 122 Å². The number of amides is 2. The summed E-state index contributed by atoms with van der Waals surface area (Å²) >= 11 is 0. The van der Waals surface area contributed by atoms with E-state index in [2.05, 4.69) is 15.6 Å². The van der Waals surface area contributed by atoms with E-state index in [0.29, 0.717) is 13.0 Å². The van der Waals surface area contributed by atoms with Crippen molar-refractivity contribution in [1.82, 2.24) is 10.3 Å². The number of carboxylic acid groups (broad SMARTS) is 1. The molecule has 7 heteroatoms. The Morgan fingerprint density at radius 3 is 2.90 bits per heavy atom. The van der Waals surface area contributed by atoms with Crippen LogP contribution in [-0.4, -0.2) is 40.3 Å². The van der Waals surface area contributed by atoms with Gasteiger partial charge in [0, 0.05) is 18.8 Å². The Hall–Kier alpha value is -2.15. The number of hydrogen-bond acceptors (Lipinski definition) is 4. The minimum absolute atomic E-state index is 0.00120. The van der Waals surface area contributed by atoms with Crippen LogP contribution in [0, 0.1) is 0 Å². The lowest BCUT2D eigenvalue weighted by atomic mass is 9.94. The van der Waals surface area contributed by atoms with Gasteiger partial charge in [0.25, 0.3) is 0 Å². The van der Waals surface area contributed by atoms with Crippen molar-refractivity contribution in [1.29, 1.82) is 0 Å². The SMILES string of the molecule is CC1(C)CC(NC(=O)Nc2cccnc2C(=O)O)CCO1. The van der Waals surface area contributed by atoms with E-state index in [4.69, 9.17) is 9.84 Å². The number of ether oxygens (including phenoxy) is 1. The molecule has 1 aliphatic heterocycles. The summed E-state index contributed by atoms with van der Waals surface area (Å²) in [4.78, 5) is 26.7. The zero-order valence-electron chi connectivity index (χ0n) is 12.0. The fourth-order valence-corrected chi connectivity index (χ4v) is 2.38. The van der Waals surface area contributed by atoms with Crippen molar-refractivity contribution in [3.63, 3.8) is 0 Å². The number of carbonyl (C=O) groups excluding carboxylic acids is 1. The average Bonchev–Trinajstić information content (AvgIpc) is 2.37. The highest BCUT2D eigenvalue weighted by Gasteiger charge is 2.29. The molecule has 1 aromatic rings. The highest BCUT2D eigenvalue weighted by molar-refractivity contribution is 5.98. The van der Waals surface area contributed by atoms with Gasteiger partial charge in [-0.2, -0.15) is 0 Å². The lowest BCUT2D eigenvalue weighted by Crippen LogP contribution is -2.47. The Balaban J connectivity index is 1.98. The van der Waals surface area contributed by atoms with Crippen molar-refractivity contribution in [2.24, 2.45) is 0 Å². The zero-order valence-corrected chi connectivity index (χ0v) is 12.0. The molecule has 1 aliphatic rings. The molecule has 0 radical (unpaired) electrons. The molecular formula is C14H19N3O4. The molecule has 2 amide bonds. The lowest BCUT2D eigenvalue weighted by molar-refractivity contribution is -0.0609. The summed E-state index contributed by atoms with van der Waals surface area (Å²) in [6, 6.07) is 2.63. The van der Waals surface area contributed by atoms with Gasteiger partial charge in [-0.15, -0.1) is 0 Å². The number of hydrogen-bond donors (Lipinski definition) is 3. The first-order chi connectivity index (χ1) is 9.87. The first kappa shape index (κ1) is 15.2. The Morgan fingerprint density at radius 2 is 2.24 bits per heavy atom. The van der Waals surface area contributed by atoms with Crippen molar-refractivity contribution in [2.45, 2.75) is 38.3 Å². The number of aromatic nitrogens is 1. The second-order valence-electron chi connectivity index (χ2n) is 5.60. The minimum Gasteiger partial charge on any atom is -0.476 e. The molecule has 1 saturated heterocycles. The molecule has 114 valence electrons. The molecular weight excluding hydrogens is 274 g/mol. The molecule has 21 heavy (non-hydrogen) atoms. The third-order valence-electron chi connectivity index (χ3n) is 3.29. The van der Waals surface area contributed by atoms with Gasteiger partial charge < -0.3 is 20.5 Å². The number of carboxylic acids is 1. The van der Waals surface area contributed by atoms with E-state index < -0.39 is 12.0 Å². The first-order valence-electron chi connectivity index (χ1n) is 6.77. The van der Waals surface area contributed by atoms with Crippen molar-refractivity contribution in [3.8, 4) is 0 Å². The highest BCUT2D eigenvalue weighted by atomic mass is 16.5. The van der Waals surface area contributed by atoms with Crippen LogP contribution in [-0.2, 0) is 4.74 Å². The average molecular weight is 293 g/mol. The molecule has 0 saturated carbocycles. The highest BCUT2D eigenvalue weighted by Crippen LogP contribution is 2.24. The maximum atomic E-state index is 12.0. The number of pyridine rings is 1. The van der Waals surface area contributed by atoms with Crippen LogP contribution in [0.4, 0.5) is 10.5 Å². The molecule has 0 spiro atoms. The van der Waals surface area contributed by atoms with Gasteiger partial charge in [-0.1, -0.05) is 0 Å². The maximum Gasteiger partial charge on any atom is 0.356 e. The van der Waals surface area contributed by atoms with Gasteiger partial charge in [-0.25, -0.2) is 14.6 Å². The topological polar surface area (TPSA) is 101 Å². The maximum absolute atomic E-state index is 12.0. The third kappa shape index (κ3) is 4.16. The zero-order chi connectivity index (χ0) is 15.5. The van der Waals surface area contributed by atoms with E-state index in [0.717, 1.165) is 6.42 Å². The standard InChI is InChI=1S/C14H19N3O4/c1-14(2)8-9(5-7-21-14)16-13(20)17-10-4-3-6-15-11(10)12(18)19/h3-4,6,9H,5,7-8H2,1-2H3,(H,18,19)(H2,16,17,20). The van der Waals surface area contributed by atoms with Crippen molar-refractivity contribution < 1.29 is 19.4 Å². The van der Waals surface area contributed by atoms with Crippen molar-refractivity contribution in [3.05, 3.63) is 24.0 Å². The third-order valence-corrected chi connectivity index (χ3v) is 3.29. The summed E-state index contributed by atoms with van der Waals surface area (Å²) in [6.07, 6.45) is 2.81. The predicted molar refractivity (Wildman–Crippen MR) is 76.4 cm³/mol. The fourth-order valence-electron chi connectivity index (χ4n) is 2.38. The van der Waals surface area contributed by atoms with Crippen molar-refractivity contribution in [2.75, 3.05) is 11.9 Å². The number of anilines is 1. The molecule has 2 rings (SSSR count). The van der Waals surface area contributed by atoms with Gasteiger partial charge in [-0.05, 0) is 38.8 Å². The fraction of sp³-hybridized carbons (Fsp3) is 0.500. The summed E-state index contributed by atoms with van der Waals surface area (Å²) in [6.45, 7) is 4.54. The second kappa shape index (κ2) is 6.09. The smallest absolute Gasteiger partial charge is 0.356 e. The van der Waals surface area contributed by atoms with E-state index in [1.165, 1.54) is 12.3 Å². The van der Waals surface area contributed by atoms with Crippen LogP contribution < -0.4 is 10.6 Å². The van der Waals surface area contributed by atoms with Crippen LogP contribution in [0.1, 0.15) is 37.2 Å². The largest absolute Gasteiger partial charge is 0.476 e. The van der Waals surface area contributed by atoms with E-state index >= 15 is 0 Å². The van der Waals surface area contributed by atoms with Crippen LogP contribution in [0.3, 0.4) is 0 Å². The van der Waals surface area contributed by atoms with Gasteiger partial charge in [0.15, 0.2) is 5.69 Å². The summed E-state index contributed by atoms with van der Waals surface area (Å²) in [5.41, 5.74) is -0.273. The molecule has 0 aromatic carbocycles. The van der Waals surface area contributed by atoms with Crippen LogP contribution in [0.5, 0.6) is 0 Å². The number of nitrogens with one attached hydrogen (secondary N) is 2. The number of urea groups is 1. The van der Waals surface area contributed by atoms with Crippen LogP contribution in [0.15, 0.2) is 18.3 Å². The molecule has 3 N–H and O–H groups in total. The summed E-state index contributed by atoms with van der Waals surface area (Å²) in [5.74, 6) is -1.18. The van der Waals surface area contributed by atoms with Crippen molar-refractivity contribution >= 4 is 17.7 Å². The van der Waals surface area contributed by atoms with Gasteiger partial charge in [0.2, 0.25) is 0 Å². The second-order valence-corrected chi connectivity index (χ2v) is 5.60. The van der Waals surface area contributed by atoms with Crippen LogP contribution in [0.2, 0.25) is 0 Å². The number of rotatable bonds is 3. The van der Waals surface area contributed by atoms with E-state index in [-0.39, 0.29) is 23.0 Å². The van der Waals surface area contributed by atoms with Crippen LogP contribution >= 0.6 is 0 Å². The molecule has 1 fully saturated rings. The summed E-state index contributed by atoms with van der Waals surface area (Å²) in [5, 5.41) is 14.4. The van der Waals surface area contributed by atoms with Gasteiger partial charge in [-0.3, -0.25) is 0 Å². The monoisotopic (exact) mass is 293 g/mol. The molecule has 0 bridgehead atoms. The molecule has 1 atom stereocenters. The van der Waals surface area contributed by atoms with E-state index in [1.54, 1.807) is 6.07 Å². The van der Waals surface area contributed by atoms with E-state index in [9.17, 15) is 9.59 Å². The van der Waals surface area contributed by atoms with E-state index in [1.807, 2.05) is 13.8 Å². The number of aromatic carboxylic acids is 1. The quantitative estimate of drug-likeness (QED) is 0.789. The predicted octanol–water partition coefficient (Wildman–Crippen LogP) is 1.86. The van der Waals surface area contributed by atoms with Gasteiger partial charge in [0.1, 0.15) is 0 Å². The first-order valence-corrected chi connectivity index (χ1v) is 6.77. The minimum atomic E-state index is -1.18. The molecule has 1 aromatic heterocycles. The Morgan fingerprint density at radius 1 is 1.48 bits per heavy atom. The number of nitrogens with zero attached hydrogens (tertiary/aromatic N) is 1. The Bertz CT molecular complexity index is 545. The van der Waals surface area contributed by atoms with Crippen LogP contribution in [0.25, 0.3) is 0 Å². The summed E-state index contributed by atoms with van der Waals surface area (Å²) < 4.78 is 5.59. The summed E-state index contributed by atoms with van der Waals surface area (Å²) in [7, 11) is 0. The molecule has 1 unspecified atom stereocenters. The lowest BCUT2D eigenvalue weighted by Gasteiger charge is -2.35. The Kier molecular flexibility index (Phi) is 4.42. The van der Waals surface area contributed by atoms with Gasteiger partial charge >= 0.3 is 12.0 Å². The van der Waals surface area contributed by atoms with Gasteiger partial charge in [0.05, 0.1) is 11.3 Å². The molecule has 2 heterocycles.